The van der Waals surface area contributed by atoms with E-state index < -0.39 is 0 Å². The van der Waals surface area contributed by atoms with E-state index in [1.54, 1.807) is 0 Å². The number of hydrogen-bond donors (Lipinski definition) is 0. The van der Waals surface area contributed by atoms with Crippen molar-refractivity contribution in [2.24, 2.45) is 0 Å². The van der Waals surface area contributed by atoms with Crippen LogP contribution in [0.4, 0.5) is 0 Å². The number of carbonyl (C=O) groups excluding carboxylic acids is 1. The van der Waals surface area contributed by atoms with Gasteiger partial charge in [0.05, 0.1) is 0 Å². The summed E-state index contributed by atoms with van der Waals surface area (Å²) >= 11 is 0. The van der Waals surface area contributed by atoms with Gasteiger partial charge in [0, 0.05) is 26.6 Å². The molecular formula is C12H26N2O. The summed E-state index contributed by atoms with van der Waals surface area (Å²) in [5, 5.41) is 0. The lowest BCUT2D eigenvalue weighted by Crippen LogP contribution is -2.36. The number of nitrogens with zero attached hydrogens (tertiary/aromatic N) is 2. The lowest BCUT2D eigenvalue weighted by molar-refractivity contribution is -0.129. The third kappa shape index (κ3) is 6.50. The molecule has 0 aromatic carbocycles. The van der Waals surface area contributed by atoms with Crippen molar-refractivity contribution in [3.8, 4) is 0 Å². The highest BCUT2D eigenvalue weighted by Gasteiger charge is 2.07. The molecule has 0 unspecified atom stereocenters. The second-order valence-corrected chi connectivity index (χ2v) is 3.96. The van der Waals surface area contributed by atoms with Crippen molar-refractivity contribution in [1.29, 1.82) is 0 Å². The quantitative estimate of drug-likeness (QED) is 0.617. The van der Waals surface area contributed by atoms with Gasteiger partial charge in [0.1, 0.15) is 0 Å². The predicted octanol–water partition coefficient (Wildman–Crippen LogP) is 1.98. The van der Waals surface area contributed by atoms with Crippen molar-refractivity contribution in [2.75, 3.05) is 33.2 Å². The minimum atomic E-state index is 0.238. The van der Waals surface area contributed by atoms with E-state index in [0.29, 0.717) is 6.42 Å². The number of unbranched alkanes of at least 4 members (excludes halogenated alkanes) is 1. The Kier molecular flexibility index (Phi) is 8.38. The highest BCUT2D eigenvalue weighted by Crippen LogP contribution is 1.96. The van der Waals surface area contributed by atoms with Crippen LogP contribution in [-0.2, 0) is 4.79 Å². The first kappa shape index (κ1) is 14.4. The molecule has 0 saturated heterocycles. The third-order valence-electron chi connectivity index (χ3n) is 2.75. The van der Waals surface area contributed by atoms with Crippen molar-refractivity contribution >= 4 is 5.91 Å². The average molecular weight is 214 g/mol. The molecule has 0 atom stereocenters. The van der Waals surface area contributed by atoms with Crippen molar-refractivity contribution in [3.63, 3.8) is 0 Å². The Balaban J connectivity index is 3.74. The smallest absolute Gasteiger partial charge is 0.222 e. The van der Waals surface area contributed by atoms with Crippen LogP contribution in [0.15, 0.2) is 0 Å². The molecule has 90 valence electrons. The minimum absolute atomic E-state index is 0.238. The third-order valence-corrected chi connectivity index (χ3v) is 2.75. The second kappa shape index (κ2) is 8.72. The van der Waals surface area contributed by atoms with Gasteiger partial charge in [-0.15, -0.1) is 0 Å². The Labute approximate surface area is 94.4 Å². The first-order chi connectivity index (χ1) is 7.15. The summed E-state index contributed by atoms with van der Waals surface area (Å²) in [6.45, 7) is 10.4. The van der Waals surface area contributed by atoms with E-state index in [1.807, 2.05) is 18.9 Å². The van der Waals surface area contributed by atoms with Crippen LogP contribution in [0, 0.1) is 0 Å². The topological polar surface area (TPSA) is 23.6 Å². The number of rotatable bonds is 8. The standard InChI is InChI=1S/C12H26N2O/c1-5-8-9-14(7-3)11-10-13(4)12(15)6-2/h5-11H2,1-4H3. The van der Waals surface area contributed by atoms with E-state index in [2.05, 4.69) is 18.7 Å². The van der Waals surface area contributed by atoms with E-state index in [4.69, 9.17) is 0 Å². The van der Waals surface area contributed by atoms with Gasteiger partial charge in [-0.05, 0) is 19.5 Å². The van der Waals surface area contributed by atoms with E-state index >= 15 is 0 Å². The maximum Gasteiger partial charge on any atom is 0.222 e. The number of carbonyl (C=O) groups is 1. The Hall–Kier alpha value is -0.570. The molecule has 0 radical (unpaired) electrons. The zero-order chi connectivity index (χ0) is 11.7. The fourth-order valence-electron chi connectivity index (χ4n) is 1.50. The Morgan fingerprint density at radius 3 is 2.20 bits per heavy atom. The molecule has 3 nitrogen and oxygen atoms in total. The largest absolute Gasteiger partial charge is 0.344 e. The Morgan fingerprint density at radius 2 is 1.73 bits per heavy atom. The predicted molar refractivity (Wildman–Crippen MR) is 65.0 cm³/mol. The van der Waals surface area contributed by atoms with Gasteiger partial charge in [-0.25, -0.2) is 0 Å². The first-order valence-corrected chi connectivity index (χ1v) is 6.11. The van der Waals surface area contributed by atoms with Crippen molar-refractivity contribution in [3.05, 3.63) is 0 Å². The van der Waals surface area contributed by atoms with Gasteiger partial charge in [-0.3, -0.25) is 4.79 Å². The molecule has 0 saturated carbocycles. The summed E-state index contributed by atoms with van der Waals surface area (Å²) in [4.78, 5) is 15.6. The monoisotopic (exact) mass is 214 g/mol. The van der Waals surface area contributed by atoms with Crippen LogP contribution >= 0.6 is 0 Å². The van der Waals surface area contributed by atoms with E-state index in [-0.39, 0.29) is 5.91 Å². The molecule has 0 aliphatic heterocycles. The van der Waals surface area contributed by atoms with Crippen molar-refractivity contribution < 1.29 is 4.79 Å². The second-order valence-electron chi connectivity index (χ2n) is 3.96. The zero-order valence-corrected chi connectivity index (χ0v) is 10.8. The maximum atomic E-state index is 11.3. The van der Waals surface area contributed by atoms with Crippen LogP contribution in [0.3, 0.4) is 0 Å². The summed E-state index contributed by atoms with van der Waals surface area (Å²) in [7, 11) is 1.89. The van der Waals surface area contributed by atoms with Crippen LogP contribution < -0.4 is 0 Å². The molecule has 0 fully saturated rings. The summed E-state index contributed by atoms with van der Waals surface area (Å²) in [5.41, 5.74) is 0. The van der Waals surface area contributed by atoms with Crippen LogP contribution in [0.1, 0.15) is 40.0 Å². The van der Waals surface area contributed by atoms with E-state index in [0.717, 1.165) is 26.2 Å². The fourth-order valence-corrected chi connectivity index (χ4v) is 1.50. The first-order valence-electron chi connectivity index (χ1n) is 6.11. The SMILES string of the molecule is CCCCN(CC)CCN(C)C(=O)CC. The zero-order valence-electron chi connectivity index (χ0n) is 10.8. The maximum absolute atomic E-state index is 11.3. The summed E-state index contributed by atoms with van der Waals surface area (Å²) in [6.07, 6.45) is 3.09. The van der Waals surface area contributed by atoms with E-state index in [9.17, 15) is 4.79 Å². The van der Waals surface area contributed by atoms with Crippen LogP contribution in [0.2, 0.25) is 0 Å². The molecule has 15 heavy (non-hydrogen) atoms. The Morgan fingerprint density at radius 1 is 1.07 bits per heavy atom. The van der Waals surface area contributed by atoms with Gasteiger partial charge in [0.2, 0.25) is 5.91 Å². The van der Waals surface area contributed by atoms with Crippen LogP contribution in [0.5, 0.6) is 0 Å². The number of amides is 1. The summed E-state index contributed by atoms with van der Waals surface area (Å²) in [6, 6.07) is 0. The molecule has 0 spiro atoms. The molecule has 1 amide bonds. The molecule has 0 aromatic rings. The van der Waals surface area contributed by atoms with Gasteiger partial charge < -0.3 is 9.80 Å². The summed E-state index contributed by atoms with van der Waals surface area (Å²) in [5.74, 6) is 0.238. The van der Waals surface area contributed by atoms with Crippen LogP contribution in [0.25, 0.3) is 0 Å². The molecular weight excluding hydrogens is 188 g/mol. The van der Waals surface area contributed by atoms with Gasteiger partial charge in [0.15, 0.2) is 0 Å². The van der Waals surface area contributed by atoms with E-state index in [1.165, 1.54) is 12.8 Å². The molecule has 0 rings (SSSR count). The number of hydrogen-bond acceptors (Lipinski definition) is 2. The minimum Gasteiger partial charge on any atom is -0.344 e. The molecule has 0 bridgehead atoms. The average Bonchev–Trinajstić information content (AvgIpc) is 2.27. The summed E-state index contributed by atoms with van der Waals surface area (Å²) < 4.78 is 0. The molecule has 0 N–H and O–H groups in total. The van der Waals surface area contributed by atoms with Crippen molar-refractivity contribution in [1.82, 2.24) is 9.80 Å². The van der Waals surface area contributed by atoms with Crippen molar-refractivity contribution in [2.45, 2.75) is 40.0 Å². The molecule has 3 heteroatoms. The molecule has 0 aliphatic rings. The van der Waals surface area contributed by atoms with Crippen LogP contribution in [-0.4, -0.2) is 48.9 Å². The van der Waals surface area contributed by atoms with Gasteiger partial charge in [-0.1, -0.05) is 27.2 Å². The highest BCUT2D eigenvalue weighted by molar-refractivity contribution is 5.75. The lowest BCUT2D eigenvalue weighted by Gasteiger charge is -2.24. The highest BCUT2D eigenvalue weighted by atomic mass is 16.2. The molecule has 0 heterocycles. The van der Waals surface area contributed by atoms with Gasteiger partial charge >= 0.3 is 0 Å². The van der Waals surface area contributed by atoms with Gasteiger partial charge in [0.25, 0.3) is 0 Å². The lowest BCUT2D eigenvalue weighted by atomic mass is 10.3. The Bertz CT molecular complexity index is 171. The normalized spacial score (nSPS) is 10.7. The molecule has 0 aliphatic carbocycles. The molecule has 0 aromatic heterocycles. The number of likely N-dealkylation sites (N-methyl/N-ethyl adjacent to an activating group) is 2. The fraction of sp³-hybridized carbons (Fsp3) is 0.917. The van der Waals surface area contributed by atoms with Gasteiger partial charge in [-0.2, -0.15) is 0 Å².